The summed E-state index contributed by atoms with van der Waals surface area (Å²) in [7, 11) is 4.54. The van der Waals surface area contributed by atoms with Crippen LogP contribution < -0.4 is 0 Å². The van der Waals surface area contributed by atoms with Gasteiger partial charge in [0.1, 0.15) is 24.1 Å². The number of Topliss-reactive ketones (excluding diaryl/α,β-unsaturated/α-hetero) is 3. The van der Waals surface area contributed by atoms with E-state index in [1.54, 1.807) is 41.1 Å². The molecule has 70 heavy (non-hydrogen) atoms. The van der Waals surface area contributed by atoms with Gasteiger partial charge in [0.2, 0.25) is 5.79 Å². The van der Waals surface area contributed by atoms with Gasteiger partial charge in [-0.3, -0.25) is 28.8 Å². The second kappa shape index (κ2) is 27.8. The molecule has 394 valence electrons. The van der Waals surface area contributed by atoms with E-state index in [2.05, 4.69) is 0 Å². The maximum atomic E-state index is 14.2. The molecule has 1 amide bonds. The first-order valence-corrected chi connectivity index (χ1v) is 25.4. The minimum Gasteiger partial charge on any atom is -0.481 e. The molecular formula is C54H83NO15. The highest BCUT2D eigenvalue weighted by atomic mass is 16.6. The Hall–Kier alpha value is -3.90. The van der Waals surface area contributed by atoms with E-state index >= 15 is 0 Å². The maximum absolute atomic E-state index is 14.2. The van der Waals surface area contributed by atoms with E-state index in [9.17, 15) is 39.0 Å². The van der Waals surface area contributed by atoms with Crippen LogP contribution in [-0.2, 0) is 57.2 Å². The summed E-state index contributed by atoms with van der Waals surface area (Å²) in [5.41, 5.74) is 1.26. The van der Waals surface area contributed by atoms with Crippen LogP contribution in [0.3, 0.4) is 0 Å². The molecule has 1 aliphatic carbocycles. The van der Waals surface area contributed by atoms with Crippen molar-refractivity contribution in [2.24, 2.45) is 41.4 Å². The monoisotopic (exact) mass is 986 g/mol. The van der Waals surface area contributed by atoms with E-state index in [1.165, 1.54) is 12.0 Å². The van der Waals surface area contributed by atoms with Gasteiger partial charge in [-0.25, -0.2) is 0 Å². The fourth-order valence-corrected chi connectivity index (χ4v) is 10.6. The Balaban J connectivity index is 1.64. The number of carbonyl (C=O) groups excluding carboxylic acids is 5. The number of ketones is 3. The summed E-state index contributed by atoms with van der Waals surface area (Å²) in [6, 6.07) is 0. The van der Waals surface area contributed by atoms with Crippen molar-refractivity contribution in [3.05, 3.63) is 47.6 Å². The van der Waals surface area contributed by atoms with Gasteiger partial charge in [0, 0.05) is 65.0 Å². The van der Waals surface area contributed by atoms with E-state index < -0.39 is 83.6 Å². The number of nitrogens with zero attached hydrogens (tertiary/aromatic N) is 1. The first-order valence-electron chi connectivity index (χ1n) is 25.4. The van der Waals surface area contributed by atoms with E-state index in [-0.39, 0.29) is 74.1 Å². The van der Waals surface area contributed by atoms with Crippen LogP contribution in [0.4, 0.5) is 0 Å². The molecule has 4 bridgehead atoms. The van der Waals surface area contributed by atoms with Crippen molar-refractivity contribution in [2.45, 2.75) is 174 Å². The molecule has 4 rings (SSSR count). The number of hydrogen-bond donors (Lipinski definition) is 3. The molecule has 0 spiro atoms. The smallest absolute Gasteiger partial charge is 0.311 e. The van der Waals surface area contributed by atoms with E-state index in [1.807, 2.05) is 58.1 Å². The number of aliphatic hydroxyl groups excluding tert-OH is 1. The predicted octanol–water partition coefficient (Wildman–Crippen LogP) is 6.54. The number of rotatable bonds is 10. The first kappa shape index (κ1) is 58.7. The minimum absolute atomic E-state index is 0.00514. The highest BCUT2D eigenvalue weighted by Gasteiger charge is 2.52. The lowest BCUT2D eigenvalue weighted by molar-refractivity contribution is -0.265. The fraction of sp³-hybridized carbons (Fsp3) is 0.741. The number of ether oxygens (including phenoxy) is 6. The number of carboxylic acid groups (broad SMARTS) is 1. The van der Waals surface area contributed by atoms with Gasteiger partial charge < -0.3 is 48.6 Å². The lowest BCUT2D eigenvalue weighted by Crippen LogP contribution is -2.59. The first-order chi connectivity index (χ1) is 33.1. The summed E-state index contributed by atoms with van der Waals surface area (Å²) < 4.78 is 35.5. The van der Waals surface area contributed by atoms with Crippen molar-refractivity contribution in [1.29, 1.82) is 0 Å². The molecule has 3 fully saturated rings. The number of hydrogen-bond acceptors (Lipinski definition) is 14. The fourth-order valence-electron chi connectivity index (χ4n) is 10.6. The lowest BCUT2D eigenvalue weighted by Gasteiger charge is -2.42. The number of piperidine rings is 1. The van der Waals surface area contributed by atoms with Crippen molar-refractivity contribution in [2.75, 3.05) is 41.0 Å². The molecule has 0 aromatic rings. The Morgan fingerprint density at radius 3 is 2.29 bits per heavy atom. The number of esters is 1. The van der Waals surface area contributed by atoms with Crippen LogP contribution in [0.5, 0.6) is 0 Å². The van der Waals surface area contributed by atoms with Crippen LogP contribution in [-0.4, -0.2) is 145 Å². The number of carbonyl (C=O) groups is 6. The number of amides is 1. The van der Waals surface area contributed by atoms with Crippen molar-refractivity contribution in [3.8, 4) is 0 Å². The van der Waals surface area contributed by atoms with Gasteiger partial charge in [-0.05, 0) is 101 Å². The normalized spacial score (nSPS) is 37.6. The summed E-state index contributed by atoms with van der Waals surface area (Å²) in [4.78, 5) is 82.6. The second-order valence-electron chi connectivity index (χ2n) is 20.7. The highest BCUT2D eigenvalue weighted by Crippen LogP contribution is 2.38. The zero-order valence-electron chi connectivity index (χ0n) is 43.3. The number of allylic oxidation sites excluding steroid dienone is 6. The molecule has 0 radical (unpaired) electrons. The van der Waals surface area contributed by atoms with Crippen LogP contribution in [0.1, 0.15) is 126 Å². The Morgan fingerprint density at radius 2 is 1.61 bits per heavy atom. The summed E-state index contributed by atoms with van der Waals surface area (Å²) in [5.74, 6) is -9.41. The van der Waals surface area contributed by atoms with E-state index in [0.29, 0.717) is 63.4 Å². The molecule has 16 heteroatoms. The van der Waals surface area contributed by atoms with Gasteiger partial charge in [0.25, 0.3) is 11.7 Å². The van der Waals surface area contributed by atoms with Crippen molar-refractivity contribution in [3.63, 3.8) is 0 Å². The minimum atomic E-state index is -2.39. The summed E-state index contributed by atoms with van der Waals surface area (Å²) in [6.07, 6.45) is 11.0. The average molecular weight is 986 g/mol. The standard InChI is InChI=1S/C54H83NO15/c1-32-15-12-11-13-16-33(2)44(65-8)29-41-20-18-38(7)54(64,70-41)51(61)52(62)55-23-14-17-40(31-55)53(63)69-45(35(4)27-39-19-21-43(46(28-39)66-9)68-24-22-47(57)58)30-42(56)34(3)26-37(6)49(60)50(67-10)48(59)36(5)25-32/h11-13,15-16,26,32,34-36,38-41,43-46,49-50,60,64H,14,17-25,27-31H2,1-10H3,(H,57,58)/b13-11+,15-12+,33-16?,37-26+/t32-,34-,35-,36-,38-,39+,40?,41+,43-,44+,45+,46-,49-,50+,54-/m1/s1. The highest BCUT2D eigenvalue weighted by molar-refractivity contribution is 6.38. The van der Waals surface area contributed by atoms with Gasteiger partial charge in [0.05, 0.1) is 43.4 Å². The summed E-state index contributed by atoms with van der Waals surface area (Å²) in [6.45, 7) is 12.8. The van der Waals surface area contributed by atoms with Gasteiger partial charge >= 0.3 is 11.9 Å². The number of cyclic esters (lactones) is 1. The van der Waals surface area contributed by atoms with E-state index in [0.717, 1.165) is 12.0 Å². The maximum Gasteiger partial charge on any atom is 0.311 e. The predicted molar refractivity (Wildman–Crippen MR) is 261 cm³/mol. The Bertz CT molecular complexity index is 1910. The second-order valence-corrected chi connectivity index (χ2v) is 20.7. The Labute approximate surface area is 415 Å². The van der Waals surface area contributed by atoms with Crippen molar-refractivity contribution >= 4 is 35.2 Å². The van der Waals surface area contributed by atoms with Crippen LogP contribution in [0, 0.1) is 41.4 Å². The van der Waals surface area contributed by atoms with Crippen LogP contribution >= 0.6 is 0 Å². The molecule has 0 aromatic heterocycles. The third-order valence-electron chi connectivity index (χ3n) is 15.1. The van der Waals surface area contributed by atoms with Crippen LogP contribution in [0.2, 0.25) is 0 Å². The molecule has 3 N–H and O–H groups in total. The average Bonchev–Trinajstić information content (AvgIpc) is 3.33. The Morgan fingerprint density at radius 1 is 0.886 bits per heavy atom. The van der Waals surface area contributed by atoms with Gasteiger partial charge in [-0.15, -0.1) is 0 Å². The molecule has 16 nitrogen and oxygen atoms in total. The largest absolute Gasteiger partial charge is 0.481 e. The third-order valence-corrected chi connectivity index (χ3v) is 15.1. The van der Waals surface area contributed by atoms with Crippen molar-refractivity contribution in [1.82, 2.24) is 4.90 Å². The topological polar surface area (TPSA) is 222 Å². The molecule has 1 saturated carbocycles. The van der Waals surface area contributed by atoms with Crippen LogP contribution in [0.25, 0.3) is 0 Å². The van der Waals surface area contributed by atoms with Gasteiger partial charge in [-0.1, -0.05) is 71.1 Å². The summed E-state index contributed by atoms with van der Waals surface area (Å²) in [5, 5.41) is 32.4. The molecule has 1 unspecified atom stereocenters. The quantitative estimate of drug-likeness (QED) is 0.120. The number of fused-ring (bicyclic) bond motifs is 4. The molecule has 0 aromatic carbocycles. The summed E-state index contributed by atoms with van der Waals surface area (Å²) >= 11 is 0. The molecular weight excluding hydrogens is 903 g/mol. The molecule has 3 aliphatic heterocycles. The van der Waals surface area contributed by atoms with Crippen LogP contribution in [0.15, 0.2) is 47.6 Å². The Kier molecular flexibility index (Phi) is 23.3. The third kappa shape index (κ3) is 16.3. The molecule has 15 atom stereocenters. The number of carboxylic acids is 1. The van der Waals surface area contributed by atoms with Gasteiger partial charge in [0.15, 0.2) is 5.78 Å². The number of aliphatic carboxylic acids is 1. The number of aliphatic hydroxyl groups is 2. The van der Waals surface area contributed by atoms with E-state index in [4.69, 9.17) is 33.5 Å². The lowest BCUT2D eigenvalue weighted by atomic mass is 9.78. The zero-order valence-corrected chi connectivity index (χ0v) is 43.3. The zero-order chi connectivity index (χ0) is 51.9. The molecule has 3 heterocycles. The van der Waals surface area contributed by atoms with Gasteiger partial charge in [-0.2, -0.15) is 0 Å². The molecule has 2 saturated heterocycles. The van der Waals surface area contributed by atoms with Crippen molar-refractivity contribution < 1.29 is 72.5 Å². The number of methoxy groups -OCH3 is 3. The SMILES string of the molecule is CO[C@H]1C[C@@H]2CC[C@@H](C)[C@@](O)(O2)C(=O)C(=O)N2CCCC(C2)C(=O)O[C@H]([C@H](C)C[C@@H]2CC[C@@H](OCCC(=O)O)[C@H](OC)C2)CC(=O)[C@H](C)/C=C(\C)[C@@H](O)[C@@H](OC)C(=O)[C@H](C)C[C@H](C)/C=C/C=C/C=C1C. The molecule has 4 aliphatic rings.